The largest absolute Gasteiger partial charge is 0.351 e. The van der Waals surface area contributed by atoms with E-state index in [1.807, 2.05) is 0 Å². The van der Waals surface area contributed by atoms with Crippen LogP contribution in [0.1, 0.15) is 6.42 Å². The third kappa shape index (κ3) is 3.54. The SMILES string of the molecule is O=C(C(Nc1ncnc(-c2ccc(F)cc2)c1F)C(F)F)N1CCC1. The fourth-order valence-electron chi connectivity index (χ4n) is 2.39. The minimum absolute atomic E-state index is 0.179. The number of benzene rings is 1. The first kappa shape index (κ1) is 17.1. The standard InChI is InChI=1S/C16H14F4N4O/c17-10-4-2-9(3-5-10)12-11(18)15(22-8-21-12)23-13(14(19)20)16(25)24-6-1-7-24/h2-5,8,13-14H,1,6-7H2,(H,21,22,23). The van der Waals surface area contributed by atoms with Gasteiger partial charge >= 0.3 is 0 Å². The van der Waals surface area contributed by atoms with Gasteiger partial charge in [0.2, 0.25) is 0 Å². The zero-order valence-electron chi connectivity index (χ0n) is 12.9. The first-order valence-corrected chi connectivity index (χ1v) is 7.57. The van der Waals surface area contributed by atoms with Crippen molar-refractivity contribution in [2.24, 2.45) is 0 Å². The van der Waals surface area contributed by atoms with Gasteiger partial charge in [0.1, 0.15) is 17.8 Å². The molecule has 0 bridgehead atoms. The molecule has 1 saturated heterocycles. The Bertz CT molecular complexity index is 765. The monoisotopic (exact) mass is 354 g/mol. The van der Waals surface area contributed by atoms with Crippen LogP contribution >= 0.6 is 0 Å². The number of alkyl halides is 2. The first-order chi connectivity index (χ1) is 12.0. The predicted octanol–water partition coefficient (Wildman–Crippen LogP) is 2.70. The number of aromatic nitrogens is 2. The molecule has 3 rings (SSSR count). The van der Waals surface area contributed by atoms with Crippen LogP contribution in [0.25, 0.3) is 11.3 Å². The number of carbonyl (C=O) groups excluding carboxylic acids is 1. The lowest BCUT2D eigenvalue weighted by Gasteiger charge is -2.34. The van der Waals surface area contributed by atoms with E-state index in [1.54, 1.807) is 0 Å². The molecule has 1 amide bonds. The molecular weight excluding hydrogens is 340 g/mol. The van der Waals surface area contributed by atoms with Crippen LogP contribution < -0.4 is 5.32 Å². The first-order valence-electron chi connectivity index (χ1n) is 7.57. The van der Waals surface area contributed by atoms with Gasteiger partial charge in [0.15, 0.2) is 17.7 Å². The van der Waals surface area contributed by atoms with Gasteiger partial charge in [-0.25, -0.2) is 27.5 Å². The van der Waals surface area contributed by atoms with Gasteiger partial charge in [-0.15, -0.1) is 0 Å². The van der Waals surface area contributed by atoms with Crippen molar-refractivity contribution < 1.29 is 22.4 Å². The van der Waals surface area contributed by atoms with Crippen molar-refractivity contribution in [2.75, 3.05) is 18.4 Å². The van der Waals surface area contributed by atoms with Gasteiger partial charge < -0.3 is 10.2 Å². The van der Waals surface area contributed by atoms with E-state index >= 15 is 0 Å². The summed E-state index contributed by atoms with van der Waals surface area (Å²) in [5, 5.41) is 2.18. The molecule has 132 valence electrons. The zero-order valence-corrected chi connectivity index (χ0v) is 12.9. The van der Waals surface area contributed by atoms with Crippen molar-refractivity contribution in [3.05, 3.63) is 42.2 Å². The summed E-state index contributed by atoms with van der Waals surface area (Å²) in [5.41, 5.74) is 0.0777. The molecule has 0 radical (unpaired) electrons. The molecule has 1 N–H and O–H groups in total. The number of nitrogens with one attached hydrogen (secondary N) is 1. The van der Waals surface area contributed by atoms with E-state index in [2.05, 4.69) is 15.3 Å². The van der Waals surface area contributed by atoms with Crippen LogP contribution in [0.5, 0.6) is 0 Å². The molecule has 9 heteroatoms. The summed E-state index contributed by atoms with van der Waals surface area (Å²) < 4.78 is 54.1. The van der Waals surface area contributed by atoms with Crippen molar-refractivity contribution in [1.29, 1.82) is 0 Å². The molecule has 0 spiro atoms. The minimum atomic E-state index is -3.03. The Labute approximate surface area is 140 Å². The third-order valence-corrected chi connectivity index (χ3v) is 3.89. The summed E-state index contributed by atoms with van der Waals surface area (Å²) >= 11 is 0. The molecule has 1 fully saturated rings. The summed E-state index contributed by atoms with van der Waals surface area (Å²) in [6.07, 6.45) is -1.30. The van der Waals surface area contributed by atoms with Crippen LogP contribution in [0, 0.1) is 11.6 Å². The van der Waals surface area contributed by atoms with E-state index in [9.17, 15) is 22.4 Å². The lowest BCUT2D eigenvalue weighted by Crippen LogP contribution is -2.52. The van der Waals surface area contributed by atoms with E-state index in [0.717, 1.165) is 24.9 Å². The highest BCUT2D eigenvalue weighted by molar-refractivity contribution is 5.85. The summed E-state index contributed by atoms with van der Waals surface area (Å²) in [7, 11) is 0. The van der Waals surface area contributed by atoms with E-state index in [-0.39, 0.29) is 11.3 Å². The highest BCUT2D eigenvalue weighted by atomic mass is 19.3. The predicted molar refractivity (Wildman–Crippen MR) is 82.0 cm³/mol. The van der Waals surface area contributed by atoms with Crippen molar-refractivity contribution in [2.45, 2.75) is 18.9 Å². The normalized spacial score (nSPS) is 15.0. The van der Waals surface area contributed by atoms with Gasteiger partial charge in [-0.2, -0.15) is 0 Å². The van der Waals surface area contributed by atoms with Gasteiger partial charge in [-0.05, 0) is 30.7 Å². The molecule has 1 aromatic heterocycles. The highest BCUT2D eigenvalue weighted by Crippen LogP contribution is 2.25. The maximum absolute atomic E-state index is 14.6. The molecule has 25 heavy (non-hydrogen) atoms. The van der Waals surface area contributed by atoms with Crippen LogP contribution in [0.15, 0.2) is 30.6 Å². The second-order valence-electron chi connectivity index (χ2n) is 5.53. The summed E-state index contributed by atoms with van der Waals surface area (Å²) in [6, 6.07) is 2.96. The number of amides is 1. The van der Waals surface area contributed by atoms with E-state index < -0.39 is 35.8 Å². The van der Waals surface area contributed by atoms with E-state index in [1.165, 1.54) is 17.0 Å². The van der Waals surface area contributed by atoms with Gasteiger partial charge in [0.25, 0.3) is 12.3 Å². The lowest BCUT2D eigenvalue weighted by atomic mass is 10.1. The molecule has 1 aromatic carbocycles. The fraction of sp³-hybridized carbons (Fsp3) is 0.312. The maximum Gasteiger partial charge on any atom is 0.267 e. The van der Waals surface area contributed by atoms with Crippen LogP contribution in [-0.4, -0.2) is 46.3 Å². The second kappa shape index (κ2) is 7.04. The Balaban J connectivity index is 1.87. The van der Waals surface area contributed by atoms with Crippen molar-refractivity contribution in [3.63, 3.8) is 0 Å². The molecule has 1 unspecified atom stereocenters. The summed E-state index contributed by atoms with van der Waals surface area (Å²) in [4.78, 5) is 20.7. The van der Waals surface area contributed by atoms with Gasteiger partial charge in [-0.1, -0.05) is 0 Å². The fourth-order valence-corrected chi connectivity index (χ4v) is 2.39. The zero-order chi connectivity index (χ0) is 18.0. The number of carbonyl (C=O) groups is 1. The number of hydrogen-bond donors (Lipinski definition) is 1. The Kier molecular flexibility index (Phi) is 4.82. The molecule has 5 nitrogen and oxygen atoms in total. The molecule has 0 aliphatic carbocycles. The molecule has 2 aromatic rings. The summed E-state index contributed by atoms with van der Waals surface area (Å²) in [5.74, 6) is -2.80. The van der Waals surface area contributed by atoms with Gasteiger partial charge in [0.05, 0.1) is 0 Å². The Hall–Kier alpha value is -2.71. The highest BCUT2D eigenvalue weighted by Gasteiger charge is 2.35. The smallest absolute Gasteiger partial charge is 0.267 e. The molecule has 2 heterocycles. The van der Waals surface area contributed by atoms with Crippen LogP contribution in [0.2, 0.25) is 0 Å². The lowest BCUT2D eigenvalue weighted by molar-refractivity contribution is -0.138. The van der Waals surface area contributed by atoms with Gasteiger partial charge in [-0.3, -0.25) is 4.79 Å². The van der Waals surface area contributed by atoms with Crippen LogP contribution in [0.3, 0.4) is 0 Å². The van der Waals surface area contributed by atoms with Crippen LogP contribution in [-0.2, 0) is 4.79 Å². The number of rotatable bonds is 5. The average Bonchev–Trinajstić information content (AvgIpc) is 2.53. The minimum Gasteiger partial charge on any atom is -0.351 e. The maximum atomic E-state index is 14.6. The Morgan fingerprint density at radius 2 is 1.80 bits per heavy atom. The Morgan fingerprint density at radius 3 is 2.36 bits per heavy atom. The average molecular weight is 354 g/mol. The van der Waals surface area contributed by atoms with Crippen molar-refractivity contribution >= 4 is 11.7 Å². The molecule has 0 saturated carbocycles. The molecule has 1 aliphatic heterocycles. The number of halogens is 4. The quantitative estimate of drug-likeness (QED) is 0.839. The Morgan fingerprint density at radius 1 is 1.12 bits per heavy atom. The van der Waals surface area contributed by atoms with E-state index in [4.69, 9.17) is 0 Å². The molecule has 1 aliphatic rings. The number of hydrogen-bond acceptors (Lipinski definition) is 4. The van der Waals surface area contributed by atoms with Crippen LogP contribution in [0.4, 0.5) is 23.4 Å². The van der Waals surface area contributed by atoms with Gasteiger partial charge in [0, 0.05) is 18.7 Å². The molecule has 1 atom stereocenters. The third-order valence-electron chi connectivity index (χ3n) is 3.89. The number of likely N-dealkylation sites (tertiary alicyclic amines) is 1. The summed E-state index contributed by atoms with van der Waals surface area (Å²) in [6.45, 7) is 0.799. The van der Waals surface area contributed by atoms with Crippen molar-refractivity contribution in [1.82, 2.24) is 14.9 Å². The molecular formula is C16H14F4N4O. The second-order valence-corrected chi connectivity index (χ2v) is 5.53. The van der Waals surface area contributed by atoms with Crippen molar-refractivity contribution in [3.8, 4) is 11.3 Å². The van der Waals surface area contributed by atoms with E-state index in [0.29, 0.717) is 13.1 Å². The number of anilines is 1. The number of nitrogens with zero attached hydrogens (tertiary/aromatic N) is 3. The topological polar surface area (TPSA) is 58.1 Å².